The maximum absolute atomic E-state index is 7.50. The molecule has 0 fully saturated rings. The van der Waals surface area contributed by atoms with Crippen molar-refractivity contribution in [1.82, 2.24) is 0 Å². The van der Waals surface area contributed by atoms with E-state index in [-0.39, 0.29) is 42.1 Å². The van der Waals surface area contributed by atoms with Crippen LogP contribution in [0.4, 0.5) is 0 Å². The fourth-order valence-corrected chi connectivity index (χ4v) is 0.898. The average molecular weight is 430 g/mol. The van der Waals surface area contributed by atoms with E-state index in [2.05, 4.69) is 13.3 Å². The Morgan fingerprint density at radius 1 is 0.450 bits per heavy atom. The molecule has 0 aromatic heterocycles. The fraction of sp³-hybridized carbons (Fsp3) is 0. The van der Waals surface area contributed by atoms with Gasteiger partial charge in [-0.25, -0.2) is 0 Å². The van der Waals surface area contributed by atoms with Gasteiger partial charge in [0.05, 0.1) is 0 Å². The predicted octanol–water partition coefficient (Wildman–Crippen LogP) is 3.86. The summed E-state index contributed by atoms with van der Waals surface area (Å²) >= 11 is 0. The van der Waals surface area contributed by atoms with E-state index in [4.69, 9.17) is 9.30 Å². The van der Waals surface area contributed by atoms with E-state index in [1.807, 2.05) is 84.9 Å². The summed E-state index contributed by atoms with van der Waals surface area (Å²) in [6.45, 7) is 9.00. The summed E-state index contributed by atoms with van der Waals surface area (Å²) in [5.74, 6) is 0. The van der Waals surface area contributed by atoms with Gasteiger partial charge in [0.1, 0.15) is 0 Å². The van der Waals surface area contributed by atoms with E-state index in [0.717, 1.165) is 0 Å². The largest absolute Gasteiger partial charge is 0.0467 e. The summed E-state index contributed by atoms with van der Waals surface area (Å²) in [5.41, 5.74) is 0. The van der Waals surface area contributed by atoms with Crippen LogP contribution in [0.25, 0.3) is 0 Å². The van der Waals surface area contributed by atoms with Crippen molar-refractivity contribution in [3.63, 3.8) is 0 Å². The Morgan fingerprint density at radius 2 is 0.650 bits per heavy atom. The van der Waals surface area contributed by atoms with Crippen LogP contribution >= 0.6 is 0 Å². The Morgan fingerprint density at radius 3 is 0.850 bits per heavy atom. The molecule has 0 atom stereocenters. The minimum Gasteiger partial charge on any atom is 0 e. The molecule has 0 unspecified atom stereocenters. The first kappa shape index (κ1) is 27.4. The van der Waals surface area contributed by atoms with Gasteiger partial charge in [-0.3, -0.25) is 0 Å². The number of hydrogen-bond acceptors (Lipinski definition) is 0. The minimum absolute atomic E-state index is 0. The zero-order valence-corrected chi connectivity index (χ0v) is 14.7. The maximum atomic E-state index is 7.50. The van der Waals surface area contributed by atoms with Gasteiger partial charge in [0.25, 0.3) is 0 Å². The van der Waals surface area contributed by atoms with E-state index in [1.54, 1.807) is 0 Å². The van der Waals surface area contributed by atoms with Crippen LogP contribution in [0.15, 0.2) is 84.9 Å². The molecule has 0 radical (unpaired) electrons. The second-order valence-electron chi connectivity index (χ2n) is 2.69. The second kappa shape index (κ2) is 30.8. The third-order valence-corrected chi connectivity index (χ3v) is 1.56. The minimum atomic E-state index is 0. The molecule has 4 heteroatoms. The van der Waals surface area contributed by atoms with Gasteiger partial charge in [-0.05, 0) is 0 Å². The maximum Gasteiger partial charge on any atom is 0.0467 e. The van der Waals surface area contributed by atoms with Crippen molar-refractivity contribution in [2.24, 2.45) is 0 Å². The standard InChI is InChI=1S/2C7H7.2CO.2Mo/c2*1-2-4-6-7-5-3-1;2*1-2;;/h2*1-7H;;;;/q2*+1;;;;. The topological polar surface area (TPSA) is 39.8 Å². The molecule has 0 saturated carbocycles. The van der Waals surface area contributed by atoms with Crippen LogP contribution in [0.3, 0.4) is 0 Å². The van der Waals surface area contributed by atoms with Crippen LogP contribution in [0, 0.1) is 13.3 Å². The van der Waals surface area contributed by atoms with Gasteiger partial charge < -0.3 is 0 Å². The molecule has 0 N–H and O–H groups in total. The second-order valence-corrected chi connectivity index (χ2v) is 2.69. The molecular formula is C16H14Mo2O2+2. The Kier molecular flexibility index (Phi) is 42.2. The third kappa shape index (κ3) is 25.8. The van der Waals surface area contributed by atoms with Crippen LogP contribution in [-0.2, 0) is 51.4 Å². The van der Waals surface area contributed by atoms with E-state index >= 15 is 0 Å². The molecule has 0 heterocycles. The third-order valence-electron chi connectivity index (χ3n) is 1.56. The van der Waals surface area contributed by atoms with Crippen molar-refractivity contribution < 1.29 is 51.4 Å². The first-order valence-corrected chi connectivity index (χ1v) is 5.07. The quantitative estimate of drug-likeness (QED) is 0.346. The summed E-state index contributed by atoms with van der Waals surface area (Å²) in [5, 5.41) is 0. The summed E-state index contributed by atoms with van der Waals surface area (Å²) in [7, 11) is 0. The molecule has 0 spiro atoms. The van der Waals surface area contributed by atoms with Gasteiger partial charge in [0.2, 0.25) is 0 Å². The molecule has 0 saturated heterocycles. The average Bonchev–Trinajstić information content (AvgIpc) is 2.93. The Bertz CT molecular complexity index is 297. The molecule has 2 aromatic rings. The molecule has 0 aliphatic heterocycles. The van der Waals surface area contributed by atoms with Crippen LogP contribution in [-0.4, -0.2) is 0 Å². The number of hydrogen-bond donors (Lipinski definition) is 0. The molecule has 2 nitrogen and oxygen atoms in total. The molecule has 0 amide bonds. The zero-order chi connectivity index (χ0) is 13.9. The van der Waals surface area contributed by atoms with E-state index in [1.165, 1.54) is 0 Å². The van der Waals surface area contributed by atoms with Gasteiger partial charge in [-0.15, -0.1) is 0 Å². The van der Waals surface area contributed by atoms with Crippen LogP contribution in [0.2, 0.25) is 0 Å². The predicted molar refractivity (Wildman–Crippen MR) is 69.6 cm³/mol. The Labute approximate surface area is 149 Å². The normalized spacial score (nSPS) is 5.80. The molecule has 20 heavy (non-hydrogen) atoms. The fourth-order valence-electron chi connectivity index (χ4n) is 0.898. The monoisotopic (exact) mass is 434 g/mol. The molecule has 2 rings (SSSR count). The van der Waals surface area contributed by atoms with E-state index in [0.29, 0.717) is 0 Å². The Balaban J connectivity index is -0.0000000950. The number of rotatable bonds is 0. The first-order valence-electron chi connectivity index (χ1n) is 5.07. The summed E-state index contributed by atoms with van der Waals surface area (Å²) in [4.78, 5) is 0. The first-order chi connectivity index (χ1) is 9.00. The van der Waals surface area contributed by atoms with Crippen molar-refractivity contribution in [2.75, 3.05) is 0 Å². The van der Waals surface area contributed by atoms with Gasteiger partial charge in [-0.1, -0.05) is 0 Å². The molecule has 2 aromatic carbocycles. The van der Waals surface area contributed by atoms with Crippen molar-refractivity contribution in [3.05, 3.63) is 98.2 Å². The van der Waals surface area contributed by atoms with Crippen molar-refractivity contribution in [2.45, 2.75) is 0 Å². The van der Waals surface area contributed by atoms with Crippen LogP contribution < -0.4 is 0 Å². The zero-order valence-electron chi connectivity index (χ0n) is 10.7. The van der Waals surface area contributed by atoms with Gasteiger partial charge in [-0.2, -0.15) is 0 Å². The van der Waals surface area contributed by atoms with Crippen LogP contribution in [0.5, 0.6) is 0 Å². The van der Waals surface area contributed by atoms with Gasteiger partial charge in [0.15, 0.2) is 0 Å². The summed E-state index contributed by atoms with van der Waals surface area (Å²) in [6, 6.07) is 28.0. The van der Waals surface area contributed by atoms with E-state index in [9.17, 15) is 0 Å². The molecule has 0 bridgehead atoms. The van der Waals surface area contributed by atoms with Crippen molar-refractivity contribution in [1.29, 1.82) is 0 Å². The van der Waals surface area contributed by atoms with Crippen molar-refractivity contribution >= 4 is 0 Å². The summed E-state index contributed by atoms with van der Waals surface area (Å²) < 4.78 is 15.0. The van der Waals surface area contributed by atoms with Gasteiger partial charge in [0, 0.05) is 127 Å². The molecule has 100 valence electrons. The molecule has 0 aliphatic carbocycles. The van der Waals surface area contributed by atoms with Crippen LogP contribution in [0.1, 0.15) is 0 Å². The SMILES string of the molecule is [C-]#[O+].[C-]#[O+].[Mo].[Mo].c1ccc[cH+]cc1.c1ccc[cH+]cc1. The van der Waals surface area contributed by atoms with Crippen molar-refractivity contribution in [3.8, 4) is 0 Å². The Hall–Kier alpha value is -0.963. The smallest absolute Gasteiger partial charge is 0 e. The molecule has 0 aliphatic rings. The van der Waals surface area contributed by atoms with Gasteiger partial charge >= 0.3 is 22.6 Å². The summed E-state index contributed by atoms with van der Waals surface area (Å²) in [6.07, 6.45) is 0. The molecular weight excluding hydrogens is 416 g/mol. The van der Waals surface area contributed by atoms with E-state index < -0.39 is 0 Å².